The van der Waals surface area contributed by atoms with Gasteiger partial charge in [0.1, 0.15) is 0 Å². The lowest BCUT2D eigenvalue weighted by molar-refractivity contribution is 0.348. The van der Waals surface area contributed by atoms with Gasteiger partial charge in [-0.1, -0.05) is 19.1 Å². The molecule has 1 unspecified atom stereocenters. The molecular formula is C17H23NO2S. The van der Waals surface area contributed by atoms with E-state index in [2.05, 4.69) is 36.7 Å². The zero-order chi connectivity index (χ0) is 15.2. The zero-order valence-electron chi connectivity index (χ0n) is 13.1. The second kappa shape index (κ2) is 7.48. The van der Waals surface area contributed by atoms with Gasteiger partial charge in [-0.25, -0.2) is 0 Å². The van der Waals surface area contributed by atoms with Crippen LogP contribution in [0.2, 0.25) is 0 Å². The molecule has 1 aromatic heterocycles. The SMILES string of the molecule is CCCNC(c1ccsc1C)c1cccc(OC)c1OC. The first-order valence-electron chi connectivity index (χ1n) is 7.21. The standard InChI is InChI=1S/C17H23NO2S/c1-5-10-18-16(13-9-11-21-12(13)2)14-7-6-8-15(19-3)17(14)20-4/h6-9,11,16,18H,5,10H2,1-4H3. The number of nitrogens with one attached hydrogen (secondary N) is 1. The molecule has 0 aliphatic heterocycles. The molecule has 1 aromatic carbocycles. The summed E-state index contributed by atoms with van der Waals surface area (Å²) in [7, 11) is 3.37. The lowest BCUT2D eigenvalue weighted by Crippen LogP contribution is -2.24. The number of benzene rings is 1. The highest BCUT2D eigenvalue weighted by molar-refractivity contribution is 7.10. The number of methoxy groups -OCH3 is 2. The van der Waals surface area contributed by atoms with Gasteiger partial charge in [-0.3, -0.25) is 0 Å². The van der Waals surface area contributed by atoms with E-state index < -0.39 is 0 Å². The van der Waals surface area contributed by atoms with Crippen molar-refractivity contribution < 1.29 is 9.47 Å². The number of rotatable bonds is 7. The Balaban J connectivity index is 2.49. The van der Waals surface area contributed by atoms with Crippen LogP contribution in [-0.4, -0.2) is 20.8 Å². The fourth-order valence-electron chi connectivity index (χ4n) is 2.51. The van der Waals surface area contributed by atoms with Gasteiger partial charge in [0.05, 0.1) is 20.3 Å². The highest BCUT2D eigenvalue weighted by atomic mass is 32.1. The van der Waals surface area contributed by atoms with Crippen molar-refractivity contribution in [2.45, 2.75) is 26.3 Å². The molecule has 4 heteroatoms. The maximum atomic E-state index is 5.60. The van der Waals surface area contributed by atoms with Crippen LogP contribution in [0.25, 0.3) is 0 Å². The first kappa shape index (κ1) is 15.9. The molecule has 1 atom stereocenters. The molecule has 21 heavy (non-hydrogen) atoms. The molecule has 0 spiro atoms. The molecule has 1 N–H and O–H groups in total. The molecule has 0 saturated heterocycles. The summed E-state index contributed by atoms with van der Waals surface area (Å²) >= 11 is 1.77. The molecule has 114 valence electrons. The van der Waals surface area contributed by atoms with E-state index in [-0.39, 0.29) is 6.04 Å². The lowest BCUT2D eigenvalue weighted by atomic mass is 9.98. The van der Waals surface area contributed by atoms with E-state index in [9.17, 15) is 0 Å². The monoisotopic (exact) mass is 305 g/mol. The highest BCUT2D eigenvalue weighted by Crippen LogP contribution is 2.38. The van der Waals surface area contributed by atoms with E-state index in [0.29, 0.717) is 0 Å². The Morgan fingerprint density at radius 1 is 1.14 bits per heavy atom. The Kier molecular flexibility index (Phi) is 5.65. The normalized spacial score (nSPS) is 12.2. The second-order valence-electron chi connectivity index (χ2n) is 4.90. The van der Waals surface area contributed by atoms with Crippen LogP contribution < -0.4 is 14.8 Å². The van der Waals surface area contributed by atoms with E-state index in [1.54, 1.807) is 25.6 Å². The Hall–Kier alpha value is -1.52. The summed E-state index contributed by atoms with van der Waals surface area (Å²) in [5.74, 6) is 1.57. The number of ether oxygens (including phenoxy) is 2. The van der Waals surface area contributed by atoms with Gasteiger partial charge in [0.2, 0.25) is 0 Å². The van der Waals surface area contributed by atoms with Crippen molar-refractivity contribution in [1.29, 1.82) is 0 Å². The molecule has 0 fully saturated rings. The molecule has 0 amide bonds. The zero-order valence-corrected chi connectivity index (χ0v) is 13.9. The van der Waals surface area contributed by atoms with E-state index in [0.717, 1.165) is 30.0 Å². The number of aryl methyl sites for hydroxylation is 1. The van der Waals surface area contributed by atoms with Crippen LogP contribution in [0, 0.1) is 6.92 Å². The number of thiophene rings is 1. The van der Waals surface area contributed by atoms with Crippen LogP contribution in [0.5, 0.6) is 11.5 Å². The van der Waals surface area contributed by atoms with Gasteiger partial charge < -0.3 is 14.8 Å². The molecule has 2 rings (SSSR count). The van der Waals surface area contributed by atoms with Crippen LogP contribution in [0.3, 0.4) is 0 Å². The quantitative estimate of drug-likeness (QED) is 0.833. The van der Waals surface area contributed by atoms with Gasteiger partial charge in [0.25, 0.3) is 0 Å². The summed E-state index contributed by atoms with van der Waals surface area (Å²) in [6.45, 7) is 5.29. The molecule has 0 aliphatic carbocycles. The summed E-state index contributed by atoms with van der Waals surface area (Å²) in [6.07, 6.45) is 1.09. The molecule has 0 radical (unpaired) electrons. The molecule has 0 aliphatic rings. The summed E-state index contributed by atoms with van der Waals surface area (Å²) in [5.41, 5.74) is 2.42. The van der Waals surface area contributed by atoms with Crippen molar-refractivity contribution in [1.82, 2.24) is 5.32 Å². The third kappa shape index (κ3) is 3.39. The fraction of sp³-hybridized carbons (Fsp3) is 0.412. The molecular weight excluding hydrogens is 282 g/mol. The van der Waals surface area contributed by atoms with Gasteiger partial charge in [0, 0.05) is 10.4 Å². The lowest BCUT2D eigenvalue weighted by Gasteiger charge is -2.22. The van der Waals surface area contributed by atoms with Crippen molar-refractivity contribution in [3.8, 4) is 11.5 Å². The third-order valence-electron chi connectivity index (χ3n) is 3.55. The molecule has 0 saturated carbocycles. The van der Waals surface area contributed by atoms with E-state index >= 15 is 0 Å². The summed E-state index contributed by atoms with van der Waals surface area (Å²) in [4.78, 5) is 1.33. The minimum absolute atomic E-state index is 0.126. The summed E-state index contributed by atoms with van der Waals surface area (Å²) in [6, 6.07) is 8.36. The predicted octanol–water partition coefficient (Wildman–Crippen LogP) is 4.16. The first-order chi connectivity index (χ1) is 10.2. The Labute approximate surface area is 130 Å². The highest BCUT2D eigenvalue weighted by Gasteiger charge is 2.22. The maximum absolute atomic E-state index is 5.60. The first-order valence-corrected chi connectivity index (χ1v) is 8.09. The van der Waals surface area contributed by atoms with Crippen molar-refractivity contribution >= 4 is 11.3 Å². The maximum Gasteiger partial charge on any atom is 0.165 e. The molecule has 2 aromatic rings. The van der Waals surface area contributed by atoms with Crippen LogP contribution in [-0.2, 0) is 0 Å². The van der Waals surface area contributed by atoms with Gasteiger partial charge in [-0.05, 0) is 43.0 Å². The third-order valence-corrected chi connectivity index (χ3v) is 4.41. The summed E-state index contributed by atoms with van der Waals surface area (Å²) in [5, 5.41) is 5.76. The minimum Gasteiger partial charge on any atom is -0.493 e. The predicted molar refractivity (Wildman–Crippen MR) is 88.7 cm³/mol. The Bertz CT molecular complexity index is 580. The Morgan fingerprint density at radius 3 is 2.52 bits per heavy atom. The van der Waals surface area contributed by atoms with Crippen molar-refractivity contribution in [2.75, 3.05) is 20.8 Å². The van der Waals surface area contributed by atoms with Crippen LogP contribution in [0.4, 0.5) is 0 Å². The van der Waals surface area contributed by atoms with E-state index in [1.807, 2.05) is 12.1 Å². The van der Waals surface area contributed by atoms with Gasteiger partial charge in [0.15, 0.2) is 11.5 Å². The molecule has 1 heterocycles. The largest absolute Gasteiger partial charge is 0.493 e. The average Bonchev–Trinajstić information content (AvgIpc) is 2.93. The molecule has 3 nitrogen and oxygen atoms in total. The second-order valence-corrected chi connectivity index (χ2v) is 6.02. The van der Waals surface area contributed by atoms with Crippen LogP contribution in [0.1, 0.15) is 35.4 Å². The Morgan fingerprint density at radius 2 is 1.95 bits per heavy atom. The minimum atomic E-state index is 0.126. The topological polar surface area (TPSA) is 30.5 Å². The average molecular weight is 305 g/mol. The van der Waals surface area contributed by atoms with E-state index in [4.69, 9.17) is 9.47 Å². The number of para-hydroxylation sites is 1. The van der Waals surface area contributed by atoms with Gasteiger partial charge in [-0.15, -0.1) is 11.3 Å². The van der Waals surface area contributed by atoms with Crippen LogP contribution >= 0.6 is 11.3 Å². The number of hydrogen-bond donors (Lipinski definition) is 1. The smallest absolute Gasteiger partial charge is 0.165 e. The number of hydrogen-bond acceptors (Lipinski definition) is 4. The van der Waals surface area contributed by atoms with Crippen molar-refractivity contribution in [3.05, 3.63) is 45.6 Å². The van der Waals surface area contributed by atoms with Crippen molar-refractivity contribution in [2.24, 2.45) is 0 Å². The fourth-order valence-corrected chi connectivity index (χ4v) is 3.25. The summed E-state index contributed by atoms with van der Waals surface area (Å²) < 4.78 is 11.0. The van der Waals surface area contributed by atoms with Gasteiger partial charge in [-0.2, -0.15) is 0 Å². The van der Waals surface area contributed by atoms with Crippen LogP contribution in [0.15, 0.2) is 29.6 Å². The van der Waals surface area contributed by atoms with E-state index in [1.165, 1.54) is 10.4 Å². The van der Waals surface area contributed by atoms with Gasteiger partial charge >= 0.3 is 0 Å². The molecule has 0 bridgehead atoms. The van der Waals surface area contributed by atoms with Crippen molar-refractivity contribution in [3.63, 3.8) is 0 Å².